The zero-order valence-corrected chi connectivity index (χ0v) is 17.1. The van der Waals surface area contributed by atoms with Crippen molar-refractivity contribution in [3.05, 3.63) is 16.0 Å². The zero-order chi connectivity index (χ0) is 19.8. The van der Waals surface area contributed by atoms with Gasteiger partial charge in [-0.1, -0.05) is 12.8 Å². The van der Waals surface area contributed by atoms with Crippen LogP contribution in [0.2, 0.25) is 0 Å². The fraction of sp³-hybridized carbons (Fsp3) is 0.632. The Bertz CT molecular complexity index is 678. The normalized spacial score (nSPS) is 15.1. The molecule has 1 aromatic heterocycles. The van der Waals surface area contributed by atoms with Crippen LogP contribution in [0.5, 0.6) is 0 Å². The average molecular weight is 397 g/mol. The molecule has 1 aliphatic heterocycles. The van der Waals surface area contributed by atoms with Crippen LogP contribution < -0.4 is 5.32 Å². The van der Waals surface area contributed by atoms with Crippen molar-refractivity contribution < 1.29 is 23.9 Å². The number of hydrogen-bond donors (Lipinski definition) is 1. The molecule has 0 bridgehead atoms. The summed E-state index contributed by atoms with van der Waals surface area (Å²) in [5.74, 6) is -1.31. The van der Waals surface area contributed by atoms with Crippen molar-refractivity contribution in [2.45, 2.75) is 46.5 Å². The number of esters is 2. The number of likely N-dealkylation sites (tertiary alicyclic amines) is 1. The highest BCUT2D eigenvalue weighted by Crippen LogP contribution is 2.34. The van der Waals surface area contributed by atoms with Gasteiger partial charge in [-0.05, 0) is 52.3 Å². The minimum atomic E-state index is -0.582. The monoisotopic (exact) mass is 396 g/mol. The third-order valence-electron chi connectivity index (χ3n) is 4.41. The van der Waals surface area contributed by atoms with Crippen LogP contribution in [0, 0.1) is 6.92 Å². The van der Waals surface area contributed by atoms with Crippen molar-refractivity contribution in [1.29, 1.82) is 0 Å². The average Bonchev–Trinajstić information content (AvgIpc) is 2.79. The van der Waals surface area contributed by atoms with E-state index in [1.807, 2.05) is 0 Å². The predicted molar refractivity (Wildman–Crippen MR) is 105 cm³/mol. The molecule has 0 radical (unpaired) electrons. The Kier molecular flexibility index (Phi) is 8.24. The second-order valence-corrected chi connectivity index (χ2v) is 7.46. The van der Waals surface area contributed by atoms with Crippen LogP contribution in [0.3, 0.4) is 0 Å². The van der Waals surface area contributed by atoms with Gasteiger partial charge >= 0.3 is 11.9 Å². The van der Waals surface area contributed by atoms with E-state index in [2.05, 4.69) is 10.2 Å². The maximum absolute atomic E-state index is 12.5. The van der Waals surface area contributed by atoms with E-state index in [1.54, 1.807) is 20.8 Å². The molecule has 0 aliphatic carbocycles. The number of carbonyl (C=O) groups is 3. The summed E-state index contributed by atoms with van der Waals surface area (Å²) in [7, 11) is 0. The van der Waals surface area contributed by atoms with Gasteiger partial charge in [0.1, 0.15) is 4.88 Å². The standard InChI is InChI=1S/C19H28N2O5S/c1-4-25-18(23)15-13(3)17(27-16(15)19(24)26-5-2)20-14(22)12-21-10-8-6-7-9-11-21/h4-12H2,1-3H3,(H,20,22). The van der Waals surface area contributed by atoms with Crippen LogP contribution in [0.15, 0.2) is 0 Å². The molecule has 1 aliphatic rings. The van der Waals surface area contributed by atoms with Gasteiger partial charge < -0.3 is 14.8 Å². The number of carbonyl (C=O) groups excluding carboxylic acids is 3. The summed E-state index contributed by atoms with van der Waals surface area (Å²) in [6.45, 7) is 7.65. The van der Waals surface area contributed by atoms with Crippen molar-refractivity contribution in [2.75, 3.05) is 38.2 Å². The van der Waals surface area contributed by atoms with Crippen molar-refractivity contribution in [1.82, 2.24) is 4.90 Å². The second-order valence-electron chi connectivity index (χ2n) is 6.44. The fourth-order valence-corrected chi connectivity index (χ4v) is 4.19. The van der Waals surface area contributed by atoms with Crippen LogP contribution >= 0.6 is 11.3 Å². The molecule has 1 N–H and O–H groups in total. The molecule has 2 heterocycles. The molecule has 0 aromatic carbocycles. The Hall–Kier alpha value is -1.93. The Labute approximate surface area is 164 Å². The van der Waals surface area contributed by atoms with E-state index in [4.69, 9.17) is 9.47 Å². The van der Waals surface area contributed by atoms with Crippen LogP contribution in [-0.4, -0.2) is 55.6 Å². The first-order valence-corrected chi connectivity index (χ1v) is 10.3. The lowest BCUT2D eigenvalue weighted by Crippen LogP contribution is -2.33. The SMILES string of the molecule is CCOC(=O)c1sc(NC(=O)CN2CCCCCC2)c(C)c1C(=O)OCC. The first-order valence-electron chi connectivity index (χ1n) is 9.47. The molecule has 1 aromatic rings. The summed E-state index contributed by atoms with van der Waals surface area (Å²) in [4.78, 5) is 39.3. The van der Waals surface area contributed by atoms with Crippen molar-refractivity contribution >= 4 is 34.2 Å². The molecule has 0 atom stereocenters. The molecule has 2 rings (SSSR count). The van der Waals surface area contributed by atoms with E-state index < -0.39 is 11.9 Å². The third kappa shape index (κ3) is 5.77. The summed E-state index contributed by atoms with van der Waals surface area (Å²) in [5.41, 5.74) is 0.705. The lowest BCUT2D eigenvalue weighted by atomic mass is 10.1. The molecule has 0 unspecified atom stereocenters. The van der Waals surface area contributed by atoms with Crippen LogP contribution in [-0.2, 0) is 14.3 Å². The smallest absolute Gasteiger partial charge is 0.349 e. The number of nitrogens with one attached hydrogen (secondary N) is 1. The Morgan fingerprint density at radius 3 is 2.19 bits per heavy atom. The molecule has 1 amide bonds. The topological polar surface area (TPSA) is 84.9 Å². The van der Waals surface area contributed by atoms with Gasteiger partial charge in [-0.2, -0.15) is 0 Å². The molecular weight excluding hydrogens is 368 g/mol. The Balaban J connectivity index is 2.17. The van der Waals surface area contributed by atoms with Crippen LogP contribution in [0.25, 0.3) is 0 Å². The number of nitrogens with zero attached hydrogens (tertiary/aromatic N) is 1. The van der Waals surface area contributed by atoms with Gasteiger partial charge in [-0.25, -0.2) is 9.59 Å². The van der Waals surface area contributed by atoms with Crippen molar-refractivity contribution in [3.8, 4) is 0 Å². The van der Waals surface area contributed by atoms with E-state index in [9.17, 15) is 14.4 Å². The summed E-state index contributed by atoms with van der Waals surface area (Å²) in [5, 5.41) is 3.34. The largest absolute Gasteiger partial charge is 0.462 e. The van der Waals surface area contributed by atoms with Crippen molar-refractivity contribution in [3.63, 3.8) is 0 Å². The van der Waals surface area contributed by atoms with Gasteiger partial charge in [-0.3, -0.25) is 9.69 Å². The van der Waals surface area contributed by atoms with E-state index in [-0.39, 0.29) is 29.6 Å². The lowest BCUT2D eigenvalue weighted by molar-refractivity contribution is -0.117. The highest BCUT2D eigenvalue weighted by Gasteiger charge is 2.28. The molecule has 8 heteroatoms. The Morgan fingerprint density at radius 1 is 1.00 bits per heavy atom. The van der Waals surface area contributed by atoms with Gasteiger partial charge in [0.15, 0.2) is 0 Å². The molecular formula is C19H28N2O5S. The Morgan fingerprint density at radius 2 is 1.59 bits per heavy atom. The maximum atomic E-state index is 12.5. The first-order chi connectivity index (χ1) is 13.0. The summed E-state index contributed by atoms with van der Waals surface area (Å²) in [6, 6.07) is 0. The molecule has 1 fully saturated rings. The van der Waals surface area contributed by atoms with Gasteiger partial charge in [0.25, 0.3) is 0 Å². The van der Waals surface area contributed by atoms with Gasteiger partial charge in [-0.15, -0.1) is 11.3 Å². The van der Waals surface area contributed by atoms with E-state index in [0.717, 1.165) is 37.3 Å². The lowest BCUT2D eigenvalue weighted by Gasteiger charge is -2.18. The van der Waals surface area contributed by atoms with Crippen LogP contribution in [0.1, 0.15) is 65.1 Å². The van der Waals surface area contributed by atoms with E-state index in [1.165, 1.54) is 12.8 Å². The predicted octanol–water partition coefficient (Wildman–Crippen LogP) is 3.22. The number of rotatable bonds is 7. The summed E-state index contributed by atoms with van der Waals surface area (Å²) in [6.07, 6.45) is 4.61. The highest BCUT2D eigenvalue weighted by molar-refractivity contribution is 7.18. The van der Waals surface area contributed by atoms with E-state index >= 15 is 0 Å². The fourth-order valence-electron chi connectivity index (χ4n) is 3.09. The summed E-state index contributed by atoms with van der Waals surface area (Å²) < 4.78 is 10.1. The molecule has 0 spiro atoms. The molecule has 7 nitrogen and oxygen atoms in total. The number of thiophene rings is 1. The van der Waals surface area contributed by atoms with Crippen molar-refractivity contribution in [2.24, 2.45) is 0 Å². The number of anilines is 1. The third-order valence-corrected chi connectivity index (χ3v) is 5.59. The van der Waals surface area contributed by atoms with Gasteiger partial charge in [0, 0.05) is 0 Å². The van der Waals surface area contributed by atoms with Crippen LogP contribution in [0.4, 0.5) is 5.00 Å². The zero-order valence-electron chi connectivity index (χ0n) is 16.3. The van der Waals surface area contributed by atoms with Gasteiger partial charge in [0.05, 0.1) is 30.3 Å². The van der Waals surface area contributed by atoms with Gasteiger partial charge in [0.2, 0.25) is 5.91 Å². The molecule has 27 heavy (non-hydrogen) atoms. The highest BCUT2D eigenvalue weighted by atomic mass is 32.1. The number of hydrogen-bond acceptors (Lipinski definition) is 7. The number of amides is 1. The second kappa shape index (κ2) is 10.4. The van der Waals surface area contributed by atoms with E-state index in [0.29, 0.717) is 17.1 Å². The molecule has 0 saturated carbocycles. The minimum absolute atomic E-state index is 0.146. The summed E-state index contributed by atoms with van der Waals surface area (Å²) >= 11 is 1.06. The first kappa shape index (κ1) is 21.4. The molecule has 150 valence electrons. The number of ether oxygens (including phenoxy) is 2. The maximum Gasteiger partial charge on any atom is 0.349 e. The quantitative estimate of drug-likeness (QED) is 0.713. The molecule has 1 saturated heterocycles. The minimum Gasteiger partial charge on any atom is -0.462 e.